The number of piperidine rings is 1. The van der Waals surface area contributed by atoms with E-state index in [0.717, 1.165) is 52.0 Å². The first kappa shape index (κ1) is 13.8. The summed E-state index contributed by atoms with van der Waals surface area (Å²) < 4.78 is 5.27. The average molecular weight is 256 g/mol. The first-order valence-corrected chi connectivity index (χ1v) is 7.01. The summed E-state index contributed by atoms with van der Waals surface area (Å²) in [5.74, 6) is 0.522. The topological polar surface area (TPSA) is 53.0 Å². The van der Waals surface area contributed by atoms with E-state index >= 15 is 0 Å². The fraction of sp³-hybridized carbons (Fsp3) is 0.923. The Morgan fingerprint density at radius 1 is 1.17 bits per heavy atom. The summed E-state index contributed by atoms with van der Waals surface area (Å²) in [6.45, 7) is 6.05. The van der Waals surface area contributed by atoms with Crippen LogP contribution in [0.25, 0.3) is 0 Å². The Morgan fingerprint density at radius 2 is 1.83 bits per heavy atom. The highest BCUT2D eigenvalue weighted by molar-refractivity contribution is 5.79. The van der Waals surface area contributed by atoms with Crippen molar-refractivity contribution in [2.24, 2.45) is 5.92 Å². The Labute approximate surface area is 109 Å². The van der Waals surface area contributed by atoms with Crippen LogP contribution in [0.5, 0.6) is 0 Å². The maximum atomic E-state index is 12.3. The summed E-state index contributed by atoms with van der Waals surface area (Å²) >= 11 is 0. The van der Waals surface area contributed by atoms with Gasteiger partial charge < -0.3 is 19.6 Å². The second-order valence-electron chi connectivity index (χ2n) is 5.13. The van der Waals surface area contributed by atoms with Crippen LogP contribution in [-0.4, -0.2) is 73.4 Å². The van der Waals surface area contributed by atoms with Gasteiger partial charge in [0.1, 0.15) is 0 Å². The maximum absolute atomic E-state index is 12.3. The summed E-state index contributed by atoms with van der Waals surface area (Å²) in [6.07, 6.45) is 2.76. The molecule has 2 aliphatic rings. The average Bonchev–Trinajstić information content (AvgIpc) is 2.46. The SMILES string of the molecule is O=C(C1CCN(CCCO)CC1)N1CCOCC1. The number of aliphatic hydroxyl groups excluding tert-OH is 1. The van der Waals surface area contributed by atoms with Crippen LogP contribution < -0.4 is 0 Å². The van der Waals surface area contributed by atoms with Crippen LogP contribution in [0.4, 0.5) is 0 Å². The fourth-order valence-corrected chi connectivity index (χ4v) is 2.74. The molecule has 18 heavy (non-hydrogen) atoms. The van der Waals surface area contributed by atoms with Gasteiger partial charge in [-0.3, -0.25) is 4.79 Å². The van der Waals surface area contributed by atoms with Crippen molar-refractivity contribution in [2.75, 3.05) is 52.5 Å². The van der Waals surface area contributed by atoms with Crippen molar-refractivity contribution < 1.29 is 14.6 Å². The molecule has 5 nitrogen and oxygen atoms in total. The van der Waals surface area contributed by atoms with Crippen molar-refractivity contribution in [3.63, 3.8) is 0 Å². The first-order chi connectivity index (χ1) is 8.81. The van der Waals surface area contributed by atoms with E-state index in [-0.39, 0.29) is 12.5 Å². The molecule has 2 heterocycles. The Hall–Kier alpha value is -0.650. The predicted molar refractivity (Wildman–Crippen MR) is 68.3 cm³/mol. The zero-order valence-corrected chi connectivity index (χ0v) is 11.0. The highest BCUT2D eigenvalue weighted by Crippen LogP contribution is 2.20. The molecule has 0 atom stereocenters. The van der Waals surface area contributed by atoms with E-state index in [1.165, 1.54) is 0 Å². The largest absolute Gasteiger partial charge is 0.396 e. The second kappa shape index (κ2) is 7.07. The van der Waals surface area contributed by atoms with Crippen LogP contribution in [0.2, 0.25) is 0 Å². The normalized spacial score (nSPS) is 23.3. The van der Waals surface area contributed by atoms with E-state index in [1.807, 2.05) is 4.90 Å². The van der Waals surface area contributed by atoms with Gasteiger partial charge in [0.15, 0.2) is 0 Å². The summed E-state index contributed by atoms with van der Waals surface area (Å²) in [5.41, 5.74) is 0. The number of rotatable bonds is 4. The molecule has 2 saturated heterocycles. The van der Waals surface area contributed by atoms with Gasteiger partial charge in [-0.05, 0) is 32.4 Å². The van der Waals surface area contributed by atoms with Gasteiger partial charge in [-0.15, -0.1) is 0 Å². The predicted octanol–water partition coefficient (Wildman–Crippen LogP) is -0.0604. The summed E-state index contributed by atoms with van der Waals surface area (Å²) in [6, 6.07) is 0. The number of morpholine rings is 1. The van der Waals surface area contributed by atoms with E-state index in [4.69, 9.17) is 9.84 Å². The van der Waals surface area contributed by atoms with Crippen LogP contribution in [-0.2, 0) is 9.53 Å². The zero-order valence-electron chi connectivity index (χ0n) is 11.0. The number of ether oxygens (including phenoxy) is 1. The first-order valence-electron chi connectivity index (χ1n) is 7.01. The molecule has 0 aliphatic carbocycles. The summed E-state index contributed by atoms with van der Waals surface area (Å²) in [5, 5.41) is 8.81. The lowest BCUT2D eigenvalue weighted by molar-refractivity contribution is -0.141. The smallest absolute Gasteiger partial charge is 0.225 e. The fourth-order valence-electron chi connectivity index (χ4n) is 2.74. The van der Waals surface area contributed by atoms with E-state index < -0.39 is 0 Å². The third kappa shape index (κ3) is 3.67. The van der Waals surface area contributed by atoms with Crippen molar-refractivity contribution in [3.8, 4) is 0 Å². The Bertz CT molecular complexity index is 259. The van der Waals surface area contributed by atoms with Gasteiger partial charge in [-0.1, -0.05) is 0 Å². The lowest BCUT2D eigenvalue weighted by Gasteiger charge is -2.35. The van der Waals surface area contributed by atoms with Crippen LogP contribution in [0.1, 0.15) is 19.3 Å². The number of amides is 1. The highest BCUT2D eigenvalue weighted by Gasteiger charge is 2.28. The second-order valence-corrected chi connectivity index (χ2v) is 5.13. The van der Waals surface area contributed by atoms with Crippen LogP contribution in [0.3, 0.4) is 0 Å². The monoisotopic (exact) mass is 256 g/mol. The van der Waals surface area contributed by atoms with Gasteiger partial charge in [-0.2, -0.15) is 0 Å². The molecule has 2 aliphatic heterocycles. The minimum absolute atomic E-state index is 0.202. The number of hydrogen-bond acceptors (Lipinski definition) is 4. The van der Waals surface area contributed by atoms with Crippen LogP contribution in [0, 0.1) is 5.92 Å². The lowest BCUT2D eigenvalue weighted by atomic mass is 9.95. The minimum atomic E-state index is 0.202. The number of nitrogens with zero attached hydrogens (tertiary/aromatic N) is 2. The van der Waals surface area contributed by atoms with Gasteiger partial charge in [0.2, 0.25) is 5.91 Å². The third-order valence-electron chi connectivity index (χ3n) is 3.89. The zero-order chi connectivity index (χ0) is 12.8. The van der Waals surface area contributed by atoms with E-state index in [1.54, 1.807) is 0 Å². The van der Waals surface area contributed by atoms with Gasteiger partial charge in [-0.25, -0.2) is 0 Å². The lowest BCUT2D eigenvalue weighted by Crippen LogP contribution is -2.46. The number of hydrogen-bond donors (Lipinski definition) is 1. The van der Waals surface area contributed by atoms with Crippen molar-refractivity contribution in [3.05, 3.63) is 0 Å². The van der Waals surface area contributed by atoms with Gasteiger partial charge in [0, 0.05) is 32.2 Å². The van der Waals surface area contributed by atoms with Crippen molar-refractivity contribution >= 4 is 5.91 Å². The molecular weight excluding hydrogens is 232 g/mol. The van der Waals surface area contributed by atoms with E-state index in [2.05, 4.69) is 4.90 Å². The van der Waals surface area contributed by atoms with Crippen molar-refractivity contribution in [1.82, 2.24) is 9.80 Å². The molecule has 0 aromatic rings. The number of carbonyl (C=O) groups is 1. The summed E-state index contributed by atoms with van der Waals surface area (Å²) in [7, 11) is 0. The molecule has 0 aromatic heterocycles. The molecule has 0 unspecified atom stereocenters. The Morgan fingerprint density at radius 3 is 2.44 bits per heavy atom. The number of likely N-dealkylation sites (tertiary alicyclic amines) is 1. The van der Waals surface area contributed by atoms with Gasteiger partial charge >= 0.3 is 0 Å². The quantitative estimate of drug-likeness (QED) is 0.765. The summed E-state index contributed by atoms with van der Waals surface area (Å²) in [4.78, 5) is 16.6. The Kier molecular flexibility index (Phi) is 5.41. The molecule has 0 bridgehead atoms. The molecule has 104 valence electrons. The standard InChI is InChI=1S/C13H24N2O3/c16-9-1-4-14-5-2-12(3-6-14)13(17)15-7-10-18-11-8-15/h12,16H,1-11H2. The molecule has 0 aromatic carbocycles. The molecule has 0 radical (unpaired) electrons. The maximum Gasteiger partial charge on any atom is 0.225 e. The van der Waals surface area contributed by atoms with E-state index in [0.29, 0.717) is 19.1 Å². The number of aliphatic hydroxyl groups is 1. The molecule has 5 heteroatoms. The Balaban J connectivity index is 1.73. The molecule has 1 amide bonds. The highest BCUT2D eigenvalue weighted by atomic mass is 16.5. The van der Waals surface area contributed by atoms with Gasteiger partial charge in [0.05, 0.1) is 13.2 Å². The minimum Gasteiger partial charge on any atom is -0.396 e. The third-order valence-corrected chi connectivity index (χ3v) is 3.89. The molecule has 0 saturated carbocycles. The molecule has 1 N–H and O–H groups in total. The van der Waals surface area contributed by atoms with Gasteiger partial charge in [0.25, 0.3) is 0 Å². The molecule has 0 spiro atoms. The molecular formula is C13H24N2O3. The van der Waals surface area contributed by atoms with E-state index in [9.17, 15) is 4.79 Å². The molecule has 2 fully saturated rings. The number of carbonyl (C=O) groups excluding carboxylic acids is 1. The van der Waals surface area contributed by atoms with Crippen molar-refractivity contribution in [2.45, 2.75) is 19.3 Å². The van der Waals surface area contributed by atoms with Crippen molar-refractivity contribution in [1.29, 1.82) is 0 Å². The molecule has 2 rings (SSSR count). The van der Waals surface area contributed by atoms with Crippen LogP contribution in [0.15, 0.2) is 0 Å². The van der Waals surface area contributed by atoms with Crippen LogP contribution >= 0.6 is 0 Å².